The van der Waals surface area contributed by atoms with Gasteiger partial charge in [-0.25, -0.2) is 0 Å². The third kappa shape index (κ3) is 3.44. The van der Waals surface area contributed by atoms with Crippen LogP contribution in [0, 0.1) is 6.92 Å². The Bertz CT molecular complexity index is 744. The van der Waals surface area contributed by atoms with E-state index in [9.17, 15) is 0 Å². The van der Waals surface area contributed by atoms with Gasteiger partial charge in [0.2, 0.25) is 0 Å². The summed E-state index contributed by atoms with van der Waals surface area (Å²) in [6, 6.07) is 14.1. The third-order valence-corrected chi connectivity index (χ3v) is 3.86. The summed E-state index contributed by atoms with van der Waals surface area (Å²) in [4.78, 5) is 0. The topological polar surface area (TPSA) is 74.2 Å². The predicted octanol–water partition coefficient (Wildman–Crippen LogP) is 3.02. The fourth-order valence-electron chi connectivity index (χ4n) is 2.15. The first-order chi connectivity index (χ1) is 10.2. The van der Waals surface area contributed by atoms with Crippen molar-refractivity contribution in [2.24, 2.45) is 0 Å². The summed E-state index contributed by atoms with van der Waals surface area (Å²) in [6.07, 6.45) is 3.35. The van der Waals surface area contributed by atoms with E-state index in [1.165, 1.54) is 0 Å². The number of aryl methyl sites for hydroxylation is 1. The molecule has 3 N–H and O–H groups in total. The summed E-state index contributed by atoms with van der Waals surface area (Å²) < 4.78 is 1.87. The minimum Gasteiger partial charge on any atom is -0.412 e. The van der Waals surface area contributed by atoms with Crippen LogP contribution in [-0.4, -0.2) is 20.2 Å². The Balaban J connectivity index is 0.00000176. The normalized spacial score (nSPS) is 10.1. The van der Waals surface area contributed by atoms with Gasteiger partial charge in [0.25, 0.3) is 0 Å². The Morgan fingerprint density at radius 1 is 1.09 bits per heavy atom. The van der Waals surface area contributed by atoms with Gasteiger partial charge in [0.05, 0.1) is 5.69 Å². The molecule has 0 radical (unpaired) electrons. The van der Waals surface area contributed by atoms with Crippen LogP contribution < -0.4 is 5.32 Å². The van der Waals surface area contributed by atoms with Gasteiger partial charge in [-0.15, -0.1) is 10.2 Å². The molecule has 1 heterocycles. The average Bonchev–Trinajstić information content (AvgIpc) is 3.03. The molecule has 114 valence electrons. The summed E-state index contributed by atoms with van der Waals surface area (Å²) in [6.45, 7) is 2.70. The maximum absolute atomic E-state index is 6.31. The third-order valence-electron chi connectivity index (χ3n) is 3.32. The van der Waals surface area contributed by atoms with Crippen molar-refractivity contribution in [3.05, 3.63) is 71.3 Å². The first-order valence-corrected chi connectivity index (χ1v) is 7.05. The monoisotopic (exact) mass is 316 g/mol. The first kappa shape index (κ1) is 16.0. The molecule has 0 saturated heterocycles. The molecule has 0 atom stereocenters. The number of anilines is 1. The van der Waals surface area contributed by atoms with Gasteiger partial charge in [-0.3, -0.25) is 4.57 Å². The fraction of sp³-hybridized carbons (Fsp3) is 0.125. The van der Waals surface area contributed by atoms with Crippen LogP contribution in [-0.2, 0) is 6.54 Å². The summed E-state index contributed by atoms with van der Waals surface area (Å²) in [5.41, 5.74) is 4.22. The number of halogens is 1. The van der Waals surface area contributed by atoms with Crippen LogP contribution in [0.25, 0.3) is 5.69 Å². The summed E-state index contributed by atoms with van der Waals surface area (Å²) in [5.74, 6) is 0. The predicted molar refractivity (Wildman–Crippen MR) is 88.5 cm³/mol. The number of aromatic nitrogens is 3. The van der Waals surface area contributed by atoms with Crippen LogP contribution in [0.3, 0.4) is 0 Å². The lowest BCUT2D eigenvalue weighted by atomic mass is 10.1. The van der Waals surface area contributed by atoms with Crippen LogP contribution in [0.15, 0.2) is 55.1 Å². The van der Waals surface area contributed by atoms with Crippen molar-refractivity contribution >= 4 is 17.3 Å². The second kappa shape index (κ2) is 7.06. The Morgan fingerprint density at radius 3 is 2.59 bits per heavy atom. The summed E-state index contributed by atoms with van der Waals surface area (Å²) >= 11 is 6.31. The first-order valence-electron chi connectivity index (χ1n) is 6.67. The van der Waals surface area contributed by atoms with Crippen molar-refractivity contribution in [2.45, 2.75) is 13.5 Å². The van der Waals surface area contributed by atoms with E-state index in [-0.39, 0.29) is 5.48 Å². The Kier molecular flexibility index (Phi) is 5.14. The molecule has 6 heteroatoms. The molecule has 0 aliphatic heterocycles. The molecule has 0 spiro atoms. The highest BCUT2D eigenvalue weighted by molar-refractivity contribution is 6.32. The molecule has 22 heavy (non-hydrogen) atoms. The van der Waals surface area contributed by atoms with E-state index < -0.39 is 0 Å². The lowest BCUT2D eigenvalue weighted by Crippen LogP contribution is -2.01. The quantitative estimate of drug-likeness (QED) is 0.804. The number of benzene rings is 2. The largest absolute Gasteiger partial charge is 0.412 e. The number of nitrogens with zero attached hydrogens (tertiary/aromatic N) is 3. The molecule has 0 amide bonds. The molecule has 3 rings (SSSR count). The zero-order chi connectivity index (χ0) is 14.7. The summed E-state index contributed by atoms with van der Waals surface area (Å²) in [7, 11) is 0. The number of nitrogens with one attached hydrogen (secondary N) is 1. The highest BCUT2D eigenvalue weighted by Crippen LogP contribution is 2.22. The van der Waals surface area contributed by atoms with E-state index in [1.807, 2.05) is 54.0 Å². The molecular weight excluding hydrogens is 300 g/mol. The average molecular weight is 317 g/mol. The van der Waals surface area contributed by atoms with Crippen LogP contribution >= 0.6 is 11.6 Å². The van der Waals surface area contributed by atoms with E-state index >= 15 is 0 Å². The SMILES string of the molecule is Cc1cccc(CNc2cccc(-n3cnnc3)c2)c1Cl.O. The Labute approximate surface area is 133 Å². The maximum atomic E-state index is 6.31. The second-order valence-corrected chi connectivity index (χ2v) is 5.20. The van der Waals surface area contributed by atoms with E-state index in [4.69, 9.17) is 11.6 Å². The smallest absolute Gasteiger partial charge is 0.123 e. The van der Waals surface area contributed by atoms with Gasteiger partial charge in [0.15, 0.2) is 0 Å². The minimum absolute atomic E-state index is 0. The van der Waals surface area contributed by atoms with Gasteiger partial charge in [-0.05, 0) is 36.2 Å². The Morgan fingerprint density at radius 2 is 1.82 bits per heavy atom. The molecule has 0 saturated carbocycles. The van der Waals surface area contributed by atoms with Crippen molar-refractivity contribution < 1.29 is 5.48 Å². The van der Waals surface area contributed by atoms with Crippen molar-refractivity contribution in [1.82, 2.24) is 14.8 Å². The van der Waals surface area contributed by atoms with Gasteiger partial charge in [-0.1, -0.05) is 35.9 Å². The fourth-order valence-corrected chi connectivity index (χ4v) is 2.35. The van der Waals surface area contributed by atoms with Crippen LogP contribution in [0.1, 0.15) is 11.1 Å². The molecule has 0 bridgehead atoms. The van der Waals surface area contributed by atoms with Gasteiger partial charge in [0.1, 0.15) is 12.7 Å². The molecule has 1 aromatic heterocycles. The van der Waals surface area contributed by atoms with E-state index in [0.29, 0.717) is 6.54 Å². The molecule has 3 aromatic rings. The van der Waals surface area contributed by atoms with Gasteiger partial charge >= 0.3 is 0 Å². The van der Waals surface area contributed by atoms with Crippen molar-refractivity contribution in [3.63, 3.8) is 0 Å². The molecule has 0 aliphatic rings. The van der Waals surface area contributed by atoms with Gasteiger partial charge < -0.3 is 10.8 Å². The molecule has 0 fully saturated rings. The molecule has 5 nitrogen and oxygen atoms in total. The zero-order valence-corrected chi connectivity index (χ0v) is 12.9. The molecule has 0 unspecified atom stereocenters. The highest BCUT2D eigenvalue weighted by Gasteiger charge is 2.03. The number of hydrogen-bond acceptors (Lipinski definition) is 3. The van der Waals surface area contributed by atoms with Gasteiger partial charge in [-0.2, -0.15) is 0 Å². The second-order valence-electron chi connectivity index (χ2n) is 4.82. The summed E-state index contributed by atoms with van der Waals surface area (Å²) in [5, 5.41) is 11.8. The van der Waals surface area contributed by atoms with E-state index in [0.717, 1.165) is 27.5 Å². The molecule has 0 aliphatic carbocycles. The zero-order valence-electron chi connectivity index (χ0n) is 12.1. The minimum atomic E-state index is 0. The van der Waals surface area contributed by atoms with Crippen LogP contribution in [0.2, 0.25) is 5.02 Å². The molecule has 2 aromatic carbocycles. The van der Waals surface area contributed by atoms with Crippen molar-refractivity contribution in [2.75, 3.05) is 5.32 Å². The van der Waals surface area contributed by atoms with Gasteiger partial charge in [0, 0.05) is 17.3 Å². The van der Waals surface area contributed by atoms with E-state index in [1.54, 1.807) is 12.7 Å². The van der Waals surface area contributed by atoms with Crippen molar-refractivity contribution in [1.29, 1.82) is 0 Å². The van der Waals surface area contributed by atoms with E-state index in [2.05, 4.69) is 15.5 Å². The lowest BCUT2D eigenvalue weighted by molar-refractivity contribution is 0.824. The maximum Gasteiger partial charge on any atom is 0.123 e. The highest BCUT2D eigenvalue weighted by atomic mass is 35.5. The van der Waals surface area contributed by atoms with Crippen LogP contribution in [0.5, 0.6) is 0 Å². The lowest BCUT2D eigenvalue weighted by Gasteiger charge is -2.11. The number of rotatable bonds is 4. The standard InChI is InChI=1S/C16H15ClN4.H2O/c1-12-4-2-5-13(16(12)17)9-18-14-6-3-7-15(8-14)21-10-19-20-11-21;/h2-8,10-11,18H,9H2,1H3;1H2. The molecular formula is C16H17ClN4O. The Hall–Kier alpha value is -2.37. The van der Waals surface area contributed by atoms with Crippen LogP contribution in [0.4, 0.5) is 5.69 Å². The van der Waals surface area contributed by atoms with Crippen molar-refractivity contribution in [3.8, 4) is 5.69 Å². The number of hydrogen-bond donors (Lipinski definition) is 1.